The molecule has 2 heterocycles. The topological polar surface area (TPSA) is 108 Å². The van der Waals surface area contributed by atoms with Gasteiger partial charge in [-0.3, -0.25) is 0 Å². The van der Waals surface area contributed by atoms with Crippen molar-refractivity contribution < 1.29 is 14.2 Å². The minimum atomic E-state index is -0.334. The van der Waals surface area contributed by atoms with E-state index in [-0.39, 0.29) is 23.5 Å². The Morgan fingerprint density at radius 2 is 1.78 bits per heavy atom. The van der Waals surface area contributed by atoms with Crippen molar-refractivity contribution in [2.45, 2.75) is 0 Å². The van der Waals surface area contributed by atoms with Crippen LogP contribution in [0.25, 0.3) is 0 Å². The van der Waals surface area contributed by atoms with Gasteiger partial charge in [-0.25, -0.2) is 9.82 Å². The molecule has 0 spiro atoms. The first-order valence-corrected chi connectivity index (χ1v) is 11.1. The number of phenolic OH excluding ortho intramolecular Hbond substituents is 1. The standard InChI is InChI=1S/C20H18Br2FN7O2/c21-13-9-12(17(31)16(22)10-13)11-24-29-19-26-18(25-15-3-1-14(23)2-4-15)27-20(28-19)30-5-7-32-8-6-30/h1-4,9-11,31H,5-8H2,(H2,25,26,27,28,29). The van der Waals surface area contributed by atoms with Gasteiger partial charge in [0.25, 0.3) is 0 Å². The largest absolute Gasteiger partial charge is 0.506 e. The molecule has 1 aliphatic heterocycles. The monoisotopic (exact) mass is 565 g/mol. The SMILES string of the molecule is Oc1c(Br)cc(Br)cc1C=NNc1nc(Nc2ccc(F)cc2)nc(N2CCOCC2)n1. The molecule has 0 unspecified atom stereocenters. The van der Waals surface area contributed by atoms with Gasteiger partial charge in [0.1, 0.15) is 11.6 Å². The molecule has 12 heteroatoms. The molecule has 1 fully saturated rings. The van der Waals surface area contributed by atoms with E-state index in [1.165, 1.54) is 18.3 Å². The number of phenols is 1. The molecule has 1 aromatic heterocycles. The highest BCUT2D eigenvalue weighted by molar-refractivity contribution is 9.11. The Morgan fingerprint density at radius 3 is 2.53 bits per heavy atom. The number of rotatable bonds is 6. The number of nitrogens with one attached hydrogen (secondary N) is 2. The molecule has 3 aromatic rings. The predicted octanol–water partition coefficient (Wildman–Crippen LogP) is 4.27. The predicted molar refractivity (Wildman–Crippen MR) is 127 cm³/mol. The third-order valence-electron chi connectivity index (χ3n) is 4.44. The Balaban J connectivity index is 1.59. The van der Waals surface area contributed by atoms with Crippen molar-refractivity contribution in [1.29, 1.82) is 0 Å². The molecule has 0 amide bonds. The van der Waals surface area contributed by atoms with E-state index >= 15 is 0 Å². The summed E-state index contributed by atoms with van der Waals surface area (Å²) < 4.78 is 19.9. The zero-order valence-corrected chi connectivity index (χ0v) is 19.8. The van der Waals surface area contributed by atoms with Crippen LogP contribution in [0, 0.1) is 5.82 Å². The zero-order chi connectivity index (χ0) is 22.5. The molecular formula is C20H18Br2FN7O2. The average molecular weight is 567 g/mol. The maximum atomic E-state index is 13.2. The van der Waals surface area contributed by atoms with Gasteiger partial charge in [0.05, 0.1) is 23.9 Å². The van der Waals surface area contributed by atoms with Gasteiger partial charge in [-0.2, -0.15) is 20.1 Å². The number of benzene rings is 2. The summed E-state index contributed by atoms with van der Waals surface area (Å²) in [7, 11) is 0. The van der Waals surface area contributed by atoms with E-state index in [4.69, 9.17) is 4.74 Å². The van der Waals surface area contributed by atoms with Crippen molar-refractivity contribution >= 4 is 61.6 Å². The van der Waals surface area contributed by atoms with Crippen LogP contribution < -0.4 is 15.6 Å². The van der Waals surface area contributed by atoms with Crippen LogP contribution in [0.4, 0.5) is 27.9 Å². The molecule has 0 bridgehead atoms. The second-order valence-electron chi connectivity index (χ2n) is 6.71. The molecule has 0 aliphatic carbocycles. The van der Waals surface area contributed by atoms with Crippen LogP contribution in [0.2, 0.25) is 0 Å². The average Bonchev–Trinajstić information content (AvgIpc) is 2.79. The van der Waals surface area contributed by atoms with Crippen LogP contribution in [-0.4, -0.2) is 52.6 Å². The summed E-state index contributed by atoms with van der Waals surface area (Å²) in [5.74, 6) is 0.662. The summed E-state index contributed by atoms with van der Waals surface area (Å²) in [5, 5.41) is 17.4. The third kappa shape index (κ3) is 5.69. The third-order valence-corrected chi connectivity index (χ3v) is 5.51. The van der Waals surface area contributed by atoms with Crippen molar-refractivity contribution in [3.63, 3.8) is 0 Å². The minimum Gasteiger partial charge on any atom is -0.506 e. The number of ether oxygens (including phenoxy) is 1. The second kappa shape index (κ2) is 10.2. The lowest BCUT2D eigenvalue weighted by Crippen LogP contribution is -2.37. The van der Waals surface area contributed by atoms with Gasteiger partial charge in [0.2, 0.25) is 17.8 Å². The zero-order valence-electron chi connectivity index (χ0n) is 16.6. The Hall–Kier alpha value is -2.83. The molecule has 3 N–H and O–H groups in total. The van der Waals surface area contributed by atoms with Gasteiger partial charge >= 0.3 is 0 Å². The molecule has 1 saturated heterocycles. The van der Waals surface area contributed by atoms with Crippen molar-refractivity contribution in [3.8, 4) is 5.75 Å². The van der Waals surface area contributed by atoms with Crippen LogP contribution in [0.1, 0.15) is 5.56 Å². The lowest BCUT2D eigenvalue weighted by Gasteiger charge is -2.27. The molecule has 0 atom stereocenters. The maximum Gasteiger partial charge on any atom is 0.250 e. The number of halogens is 3. The van der Waals surface area contributed by atoms with E-state index in [9.17, 15) is 9.50 Å². The number of hydrogen-bond donors (Lipinski definition) is 3. The summed E-state index contributed by atoms with van der Waals surface area (Å²) in [6.45, 7) is 2.43. The number of aromatic hydroxyl groups is 1. The van der Waals surface area contributed by atoms with Crippen LogP contribution in [-0.2, 0) is 4.74 Å². The summed E-state index contributed by atoms with van der Waals surface area (Å²) in [5.41, 5.74) is 3.90. The Kier molecular flexibility index (Phi) is 7.12. The fraction of sp³-hybridized carbons (Fsp3) is 0.200. The van der Waals surface area contributed by atoms with Crippen molar-refractivity contribution in [2.75, 3.05) is 41.9 Å². The number of morpholine rings is 1. The van der Waals surface area contributed by atoms with E-state index in [0.717, 1.165) is 4.47 Å². The van der Waals surface area contributed by atoms with Crippen LogP contribution in [0.5, 0.6) is 5.75 Å². The molecule has 1 aliphatic rings. The molecule has 4 rings (SSSR count). The van der Waals surface area contributed by atoms with E-state index in [2.05, 4.69) is 62.7 Å². The smallest absolute Gasteiger partial charge is 0.250 e. The number of hydrogen-bond acceptors (Lipinski definition) is 9. The molecular weight excluding hydrogens is 549 g/mol. The molecule has 0 radical (unpaired) electrons. The number of hydrazone groups is 1. The summed E-state index contributed by atoms with van der Waals surface area (Å²) in [6, 6.07) is 9.32. The summed E-state index contributed by atoms with van der Waals surface area (Å²) in [4.78, 5) is 15.2. The first-order valence-electron chi connectivity index (χ1n) is 9.56. The quantitative estimate of drug-likeness (QED) is 0.300. The molecule has 0 saturated carbocycles. The fourth-order valence-electron chi connectivity index (χ4n) is 2.88. The van der Waals surface area contributed by atoms with Gasteiger partial charge in [0.15, 0.2) is 0 Å². The van der Waals surface area contributed by atoms with Gasteiger partial charge < -0.3 is 20.1 Å². The van der Waals surface area contributed by atoms with Crippen molar-refractivity contribution in [1.82, 2.24) is 15.0 Å². The molecule has 166 valence electrons. The molecule has 2 aromatic carbocycles. The van der Waals surface area contributed by atoms with Gasteiger partial charge in [-0.05, 0) is 52.3 Å². The van der Waals surface area contributed by atoms with E-state index in [1.807, 2.05) is 4.90 Å². The summed E-state index contributed by atoms with van der Waals surface area (Å²) >= 11 is 6.67. The highest BCUT2D eigenvalue weighted by atomic mass is 79.9. The molecule has 9 nitrogen and oxygen atoms in total. The van der Waals surface area contributed by atoms with Crippen LogP contribution in [0.15, 0.2) is 50.4 Å². The molecule has 32 heavy (non-hydrogen) atoms. The number of nitrogens with zero attached hydrogens (tertiary/aromatic N) is 5. The van der Waals surface area contributed by atoms with Crippen molar-refractivity contribution in [3.05, 3.63) is 56.7 Å². The fourth-order valence-corrected chi connectivity index (χ4v) is 4.14. The van der Waals surface area contributed by atoms with Crippen molar-refractivity contribution in [2.24, 2.45) is 5.10 Å². The second-order valence-corrected chi connectivity index (χ2v) is 8.48. The summed E-state index contributed by atoms with van der Waals surface area (Å²) in [6.07, 6.45) is 1.45. The highest BCUT2D eigenvalue weighted by Gasteiger charge is 2.17. The van der Waals surface area contributed by atoms with Crippen LogP contribution >= 0.6 is 31.9 Å². The van der Waals surface area contributed by atoms with E-state index in [1.54, 1.807) is 24.3 Å². The number of anilines is 4. The van der Waals surface area contributed by atoms with E-state index < -0.39 is 0 Å². The first kappa shape index (κ1) is 22.4. The van der Waals surface area contributed by atoms with Gasteiger partial charge in [-0.1, -0.05) is 15.9 Å². The minimum absolute atomic E-state index is 0.0575. The number of aromatic nitrogens is 3. The van der Waals surface area contributed by atoms with Crippen LogP contribution in [0.3, 0.4) is 0 Å². The van der Waals surface area contributed by atoms with Gasteiger partial charge in [-0.15, -0.1) is 0 Å². The first-order chi connectivity index (χ1) is 15.5. The van der Waals surface area contributed by atoms with E-state index in [0.29, 0.717) is 48.0 Å². The van der Waals surface area contributed by atoms with Gasteiger partial charge in [0, 0.05) is 28.8 Å². The highest BCUT2D eigenvalue weighted by Crippen LogP contribution is 2.30. The lowest BCUT2D eigenvalue weighted by atomic mass is 10.2. The lowest BCUT2D eigenvalue weighted by molar-refractivity contribution is 0.122. The maximum absolute atomic E-state index is 13.2. The Labute approximate surface area is 200 Å². The Morgan fingerprint density at radius 1 is 1.06 bits per heavy atom. The Bertz CT molecular complexity index is 1130. The normalized spacial score (nSPS) is 14.0.